The Morgan fingerprint density at radius 1 is 0.256 bits per heavy atom. The summed E-state index contributed by atoms with van der Waals surface area (Å²) in [4.78, 5) is 5.00. The fourth-order valence-electron chi connectivity index (χ4n) is 13.8. The topological polar surface area (TPSA) is 15.3 Å². The summed E-state index contributed by atoms with van der Waals surface area (Å²) in [7, 11) is 0. The highest BCUT2D eigenvalue weighted by Crippen LogP contribution is 2.57. The molecule has 4 heteroatoms. The van der Waals surface area contributed by atoms with Crippen LogP contribution < -0.4 is 9.80 Å². The van der Waals surface area contributed by atoms with E-state index in [2.05, 4.69) is 305 Å². The molecule has 0 saturated heterocycles. The van der Waals surface area contributed by atoms with E-state index in [1.807, 2.05) is 0 Å². The summed E-state index contributed by atoms with van der Waals surface area (Å²) in [6.07, 6.45) is 0. The summed E-state index contributed by atoms with van der Waals surface area (Å²) in [5.41, 5.74) is 24.3. The lowest BCUT2D eigenvalue weighted by atomic mass is 9.89. The highest BCUT2D eigenvalue weighted by Gasteiger charge is 2.33. The van der Waals surface area contributed by atoms with Crippen molar-refractivity contribution in [3.05, 3.63) is 253 Å². The van der Waals surface area contributed by atoms with Gasteiger partial charge in [-0.1, -0.05) is 213 Å². The number of hydrogen-bond donors (Lipinski definition) is 0. The lowest BCUT2D eigenvalue weighted by molar-refractivity contribution is 0.866. The molecule has 0 unspecified atom stereocenters. The Labute approximate surface area is 480 Å². The normalized spacial score (nSPS) is 12.3. The Kier molecular flexibility index (Phi) is 11.6. The molecule has 0 aliphatic carbocycles. The fraction of sp³-hybridized carbons (Fsp3) is 0.154. The number of benzene rings is 11. The Morgan fingerprint density at radius 2 is 0.549 bits per heavy atom. The van der Waals surface area contributed by atoms with Gasteiger partial charge >= 0.3 is 0 Å². The first-order valence-corrected chi connectivity index (χ1v) is 29.5. The van der Waals surface area contributed by atoms with E-state index in [0.29, 0.717) is 23.7 Å². The van der Waals surface area contributed by atoms with E-state index in [-0.39, 0.29) is 0 Å². The molecule has 0 bridgehead atoms. The molecule has 0 fully saturated rings. The van der Waals surface area contributed by atoms with Crippen LogP contribution in [-0.2, 0) is 0 Å². The van der Waals surface area contributed by atoms with Gasteiger partial charge in [-0.3, -0.25) is 0 Å². The molecule has 4 aromatic heterocycles. The van der Waals surface area contributed by atoms with Gasteiger partial charge in [-0.05, 0) is 130 Å². The van der Waals surface area contributed by atoms with E-state index < -0.39 is 0 Å². The molecular formula is C78H66N4. The maximum Gasteiger partial charge on any atom is 0.0642 e. The van der Waals surface area contributed by atoms with Crippen LogP contribution in [0.1, 0.15) is 101 Å². The number of para-hydroxylation sites is 2. The second-order valence-electron chi connectivity index (χ2n) is 24.0. The van der Waals surface area contributed by atoms with Gasteiger partial charge in [-0.2, -0.15) is 0 Å². The van der Waals surface area contributed by atoms with Gasteiger partial charge in [0.05, 0.1) is 44.5 Å². The number of anilines is 6. The van der Waals surface area contributed by atoms with Gasteiger partial charge in [0.1, 0.15) is 0 Å². The van der Waals surface area contributed by atoms with Crippen LogP contribution in [0.4, 0.5) is 34.1 Å². The zero-order valence-electron chi connectivity index (χ0n) is 48.0. The summed E-state index contributed by atoms with van der Waals surface area (Å²) >= 11 is 0. The van der Waals surface area contributed by atoms with Crippen LogP contribution in [0, 0.1) is 0 Å². The molecule has 11 aromatic carbocycles. The summed E-state index contributed by atoms with van der Waals surface area (Å²) in [5.74, 6) is 1.70. The molecule has 0 amide bonds. The third-order valence-electron chi connectivity index (χ3n) is 17.9. The van der Waals surface area contributed by atoms with Gasteiger partial charge in [-0.15, -0.1) is 0 Å². The van der Waals surface area contributed by atoms with Crippen molar-refractivity contribution in [2.24, 2.45) is 0 Å². The molecule has 15 rings (SSSR count). The minimum Gasteiger partial charge on any atom is -0.310 e. The molecule has 4 heterocycles. The molecule has 398 valence electrons. The van der Waals surface area contributed by atoms with Crippen molar-refractivity contribution >= 4 is 110 Å². The lowest BCUT2D eigenvalue weighted by Crippen LogP contribution is -2.10. The highest BCUT2D eigenvalue weighted by molar-refractivity contribution is 6.39. The Morgan fingerprint density at radius 3 is 0.854 bits per heavy atom. The predicted octanol–water partition coefficient (Wildman–Crippen LogP) is 22.8. The number of aromatic nitrogens is 2. The minimum absolute atomic E-state index is 0.424. The SMILES string of the molecule is CC(C)c1ccc(N(c2ccc(C(C)C)cc2)c2ccc3c4c(-c5ccccc5)c5c(c(-c6ccccc6)c4n4c6ccccc6c2c34)c2ccc(N(c3ccc(C(C)C)cc3)c3ccc(C(C)C)cc3)c3c4ccccc4n5c23)cc1. The van der Waals surface area contributed by atoms with E-state index in [9.17, 15) is 0 Å². The van der Waals surface area contributed by atoms with Crippen LogP contribution >= 0.6 is 0 Å². The molecule has 82 heavy (non-hydrogen) atoms. The number of hydrogen-bond acceptors (Lipinski definition) is 2. The molecular weight excluding hydrogens is 993 g/mol. The van der Waals surface area contributed by atoms with Crippen molar-refractivity contribution in [1.29, 1.82) is 0 Å². The van der Waals surface area contributed by atoms with E-state index in [0.717, 1.165) is 34.1 Å². The lowest BCUT2D eigenvalue weighted by Gasteiger charge is -2.27. The summed E-state index contributed by atoms with van der Waals surface area (Å²) in [5, 5.41) is 9.93. The first-order valence-electron chi connectivity index (χ1n) is 29.5. The minimum atomic E-state index is 0.424. The summed E-state index contributed by atoms with van der Waals surface area (Å²) in [6.45, 7) is 18.2. The van der Waals surface area contributed by atoms with Gasteiger partial charge in [0.25, 0.3) is 0 Å². The van der Waals surface area contributed by atoms with Gasteiger partial charge in [0, 0.05) is 77.0 Å². The van der Waals surface area contributed by atoms with Gasteiger partial charge in [0.2, 0.25) is 0 Å². The van der Waals surface area contributed by atoms with Crippen molar-refractivity contribution in [2.45, 2.75) is 79.1 Å². The molecule has 0 N–H and O–H groups in total. The molecule has 0 saturated carbocycles. The van der Waals surface area contributed by atoms with Crippen molar-refractivity contribution in [2.75, 3.05) is 9.80 Å². The Balaban J connectivity index is 1.12. The molecule has 0 spiro atoms. The second-order valence-corrected chi connectivity index (χ2v) is 24.0. The quantitative estimate of drug-likeness (QED) is 0.121. The van der Waals surface area contributed by atoms with Crippen LogP contribution in [0.15, 0.2) is 231 Å². The first-order chi connectivity index (χ1) is 40.0. The van der Waals surface area contributed by atoms with Gasteiger partial charge in [-0.25, -0.2) is 0 Å². The summed E-state index contributed by atoms with van der Waals surface area (Å²) in [6, 6.07) is 87.6. The van der Waals surface area contributed by atoms with Crippen molar-refractivity contribution in [1.82, 2.24) is 8.80 Å². The maximum atomic E-state index is 2.65. The average Bonchev–Trinajstić information content (AvgIpc) is 1.56. The largest absolute Gasteiger partial charge is 0.310 e. The second kappa shape index (κ2) is 19.1. The summed E-state index contributed by atoms with van der Waals surface area (Å²) < 4.78 is 5.30. The standard InChI is InChI=1S/C78H66N4/c1-47(2)51-27-35-57(36-28-51)79(58-37-29-52(30-38-58)48(3)4)67-45-43-63-73-69(55-19-11-9-12-20-55)78-74(70(56-21-13-10-14-22-56)77(73)81-65-25-17-15-23-61(65)71(67)75(63)81)64-44-46-68(72-62-24-16-18-26-66(62)82(78)76(64)72)80(59-39-31-53(32-40-59)49(5)6)60-41-33-54(34-42-60)50(7)8/h9-50H,1-8H3. The maximum absolute atomic E-state index is 2.65. The van der Waals surface area contributed by atoms with Crippen molar-refractivity contribution in [3.63, 3.8) is 0 Å². The van der Waals surface area contributed by atoms with Crippen molar-refractivity contribution < 1.29 is 0 Å². The van der Waals surface area contributed by atoms with Gasteiger partial charge in [0.15, 0.2) is 0 Å². The Bertz CT molecular complexity index is 4450. The molecule has 15 aromatic rings. The van der Waals surface area contributed by atoms with Crippen LogP contribution in [0.5, 0.6) is 0 Å². The van der Waals surface area contributed by atoms with Crippen LogP contribution in [0.2, 0.25) is 0 Å². The van der Waals surface area contributed by atoms with E-state index in [1.54, 1.807) is 0 Å². The van der Waals surface area contributed by atoms with Crippen molar-refractivity contribution in [3.8, 4) is 22.3 Å². The zero-order chi connectivity index (χ0) is 55.7. The van der Waals surface area contributed by atoms with E-state index in [1.165, 1.54) is 121 Å². The molecule has 0 radical (unpaired) electrons. The molecule has 0 atom stereocenters. The molecule has 0 aliphatic heterocycles. The fourth-order valence-corrected chi connectivity index (χ4v) is 13.8. The van der Waals surface area contributed by atoms with Gasteiger partial charge < -0.3 is 18.6 Å². The first kappa shape index (κ1) is 49.6. The third kappa shape index (κ3) is 7.43. The smallest absolute Gasteiger partial charge is 0.0642 e. The zero-order valence-corrected chi connectivity index (χ0v) is 48.0. The van der Waals surface area contributed by atoms with E-state index >= 15 is 0 Å². The number of fused-ring (bicyclic) bond motifs is 12. The number of nitrogens with zero attached hydrogens (tertiary/aromatic N) is 4. The van der Waals surface area contributed by atoms with Crippen LogP contribution in [-0.4, -0.2) is 8.80 Å². The number of rotatable bonds is 12. The molecule has 4 nitrogen and oxygen atoms in total. The molecule has 0 aliphatic rings. The Hall–Kier alpha value is -9.38. The van der Waals surface area contributed by atoms with Crippen LogP contribution in [0.3, 0.4) is 0 Å². The average molecular weight is 1060 g/mol. The monoisotopic (exact) mass is 1060 g/mol. The van der Waals surface area contributed by atoms with Crippen LogP contribution in [0.25, 0.3) is 98.4 Å². The third-order valence-corrected chi connectivity index (χ3v) is 17.9. The highest BCUT2D eigenvalue weighted by atomic mass is 15.2. The van der Waals surface area contributed by atoms with E-state index in [4.69, 9.17) is 0 Å². The predicted molar refractivity (Wildman–Crippen MR) is 352 cm³/mol.